The van der Waals surface area contributed by atoms with Crippen LogP contribution in [0, 0.1) is 0 Å². The highest BCUT2D eigenvalue weighted by molar-refractivity contribution is 5.78. The van der Waals surface area contributed by atoms with Crippen molar-refractivity contribution in [2.75, 3.05) is 26.2 Å². The Kier molecular flexibility index (Phi) is 5.76. The van der Waals surface area contributed by atoms with Gasteiger partial charge in [0.15, 0.2) is 0 Å². The van der Waals surface area contributed by atoms with Gasteiger partial charge in [-0.2, -0.15) is 0 Å². The molecule has 0 radical (unpaired) electrons. The van der Waals surface area contributed by atoms with Gasteiger partial charge in [0.1, 0.15) is 0 Å². The van der Waals surface area contributed by atoms with Gasteiger partial charge in [-0.15, -0.1) is 0 Å². The van der Waals surface area contributed by atoms with Crippen LogP contribution in [0.1, 0.15) is 37.9 Å². The molecular formula is C17H27N3O. The molecular weight excluding hydrogens is 262 g/mol. The van der Waals surface area contributed by atoms with E-state index in [1.807, 2.05) is 13.8 Å². The average molecular weight is 289 g/mol. The first-order valence-electron chi connectivity index (χ1n) is 7.93. The Hall–Kier alpha value is -1.39. The Morgan fingerprint density at radius 1 is 1.38 bits per heavy atom. The fraction of sp³-hybridized carbons (Fsp3) is 0.588. The summed E-state index contributed by atoms with van der Waals surface area (Å²) in [5.41, 5.74) is 2.64. The quantitative estimate of drug-likeness (QED) is 0.867. The minimum absolute atomic E-state index is 0.113. The molecule has 1 saturated heterocycles. The van der Waals surface area contributed by atoms with Crippen molar-refractivity contribution in [2.24, 2.45) is 0 Å². The highest BCUT2D eigenvalue weighted by Crippen LogP contribution is 2.22. The summed E-state index contributed by atoms with van der Waals surface area (Å²) in [5, 5.41) is 6.41. The molecule has 1 fully saturated rings. The van der Waals surface area contributed by atoms with Gasteiger partial charge in [0.05, 0.1) is 6.54 Å². The second kappa shape index (κ2) is 7.57. The molecule has 1 unspecified atom stereocenters. The van der Waals surface area contributed by atoms with Crippen molar-refractivity contribution in [1.82, 2.24) is 15.5 Å². The summed E-state index contributed by atoms with van der Waals surface area (Å²) in [7, 11) is 0. The normalized spacial score (nSPS) is 19.7. The van der Waals surface area contributed by atoms with Crippen LogP contribution in [0.25, 0.3) is 0 Å². The van der Waals surface area contributed by atoms with Gasteiger partial charge in [-0.1, -0.05) is 31.2 Å². The predicted molar refractivity (Wildman–Crippen MR) is 86.3 cm³/mol. The van der Waals surface area contributed by atoms with Gasteiger partial charge in [-0.25, -0.2) is 0 Å². The van der Waals surface area contributed by atoms with E-state index in [1.165, 1.54) is 11.1 Å². The Morgan fingerprint density at radius 3 is 2.71 bits per heavy atom. The predicted octanol–water partition coefficient (Wildman–Crippen LogP) is 1.72. The van der Waals surface area contributed by atoms with Crippen LogP contribution < -0.4 is 10.6 Å². The summed E-state index contributed by atoms with van der Waals surface area (Å²) in [6.07, 6.45) is 1.06. The summed E-state index contributed by atoms with van der Waals surface area (Å²) in [6.45, 7) is 9.39. The number of hydrogen-bond acceptors (Lipinski definition) is 3. The Morgan fingerprint density at radius 2 is 2.10 bits per heavy atom. The molecule has 4 nitrogen and oxygen atoms in total. The molecule has 0 aromatic heterocycles. The van der Waals surface area contributed by atoms with Crippen LogP contribution in [0.2, 0.25) is 0 Å². The molecule has 0 saturated carbocycles. The van der Waals surface area contributed by atoms with E-state index in [-0.39, 0.29) is 18.0 Å². The van der Waals surface area contributed by atoms with Crippen molar-refractivity contribution < 1.29 is 4.79 Å². The summed E-state index contributed by atoms with van der Waals surface area (Å²) < 4.78 is 0. The molecule has 21 heavy (non-hydrogen) atoms. The molecule has 116 valence electrons. The van der Waals surface area contributed by atoms with Gasteiger partial charge in [0.2, 0.25) is 5.91 Å². The number of carbonyl (C=O) groups excluding carboxylic acids is 1. The maximum absolute atomic E-state index is 12.0. The van der Waals surface area contributed by atoms with Gasteiger partial charge in [-0.05, 0) is 31.4 Å². The molecule has 2 N–H and O–H groups in total. The number of amides is 1. The van der Waals surface area contributed by atoms with Crippen molar-refractivity contribution in [2.45, 2.75) is 39.3 Å². The third-order valence-electron chi connectivity index (χ3n) is 3.92. The lowest BCUT2D eigenvalue weighted by Gasteiger charge is -2.36. The molecule has 1 aromatic rings. The third kappa shape index (κ3) is 4.55. The first-order valence-corrected chi connectivity index (χ1v) is 7.93. The lowest BCUT2D eigenvalue weighted by molar-refractivity contribution is -0.123. The van der Waals surface area contributed by atoms with Crippen LogP contribution in [0.4, 0.5) is 0 Å². The lowest BCUT2D eigenvalue weighted by Crippen LogP contribution is -2.50. The standard InChI is InChI=1S/C17H27N3O/c1-4-14-5-7-15(8-6-14)16-11-18-9-10-20(16)12-17(21)19-13(2)3/h5-8,13,16,18H,4,9-12H2,1-3H3,(H,19,21). The Balaban J connectivity index is 2.05. The van der Waals surface area contributed by atoms with Crippen LogP contribution in [0.15, 0.2) is 24.3 Å². The van der Waals surface area contributed by atoms with Gasteiger partial charge in [0, 0.05) is 31.7 Å². The smallest absolute Gasteiger partial charge is 0.234 e. The van der Waals surface area contributed by atoms with Crippen LogP contribution in [0.5, 0.6) is 0 Å². The number of rotatable bonds is 5. The summed E-state index contributed by atoms with van der Waals surface area (Å²) in [6, 6.07) is 9.26. The molecule has 1 amide bonds. The van der Waals surface area contributed by atoms with Crippen molar-refractivity contribution in [1.29, 1.82) is 0 Å². The maximum Gasteiger partial charge on any atom is 0.234 e. The van der Waals surface area contributed by atoms with Crippen molar-refractivity contribution in [3.8, 4) is 0 Å². The van der Waals surface area contributed by atoms with Crippen LogP contribution in [-0.4, -0.2) is 43.0 Å². The molecule has 1 atom stereocenters. The lowest BCUT2D eigenvalue weighted by atomic mass is 10.0. The van der Waals surface area contributed by atoms with Crippen molar-refractivity contribution in [3.63, 3.8) is 0 Å². The van der Waals surface area contributed by atoms with Crippen LogP contribution in [-0.2, 0) is 11.2 Å². The molecule has 0 spiro atoms. The largest absolute Gasteiger partial charge is 0.353 e. The SMILES string of the molecule is CCc1ccc(C2CNCCN2CC(=O)NC(C)C)cc1. The number of aryl methyl sites for hydroxylation is 1. The molecule has 2 rings (SSSR count). The summed E-state index contributed by atoms with van der Waals surface area (Å²) >= 11 is 0. The highest BCUT2D eigenvalue weighted by atomic mass is 16.2. The fourth-order valence-corrected chi connectivity index (χ4v) is 2.79. The number of nitrogens with zero attached hydrogens (tertiary/aromatic N) is 1. The van der Waals surface area contributed by atoms with E-state index < -0.39 is 0 Å². The van der Waals surface area contributed by atoms with Crippen LogP contribution >= 0.6 is 0 Å². The minimum Gasteiger partial charge on any atom is -0.353 e. The van der Waals surface area contributed by atoms with Gasteiger partial charge < -0.3 is 10.6 Å². The molecule has 1 heterocycles. The maximum atomic E-state index is 12.0. The van der Waals surface area contributed by atoms with E-state index in [4.69, 9.17) is 0 Å². The van der Waals surface area contributed by atoms with Crippen molar-refractivity contribution in [3.05, 3.63) is 35.4 Å². The summed E-state index contributed by atoms with van der Waals surface area (Å²) in [4.78, 5) is 14.3. The van der Waals surface area contributed by atoms with Crippen molar-refractivity contribution >= 4 is 5.91 Å². The first-order chi connectivity index (χ1) is 10.1. The zero-order chi connectivity index (χ0) is 15.2. The Bertz CT molecular complexity index is 456. The Labute approximate surface area is 127 Å². The molecule has 0 aliphatic carbocycles. The molecule has 1 aliphatic heterocycles. The first kappa shape index (κ1) is 16.0. The zero-order valence-electron chi connectivity index (χ0n) is 13.4. The van der Waals surface area contributed by atoms with E-state index in [0.717, 1.165) is 26.1 Å². The topological polar surface area (TPSA) is 44.4 Å². The fourth-order valence-electron chi connectivity index (χ4n) is 2.79. The monoisotopic (exact) mass is 289 g/mol. The number of carbonyl (C=O) groups is 1. The molecule has 4 heteroatoms. The van der Waals surface area contributed by atoms with E-state index >= 15 is 0 Å². The van der Waals surface area contributed by atoms with Gasteiger partial charge in [0.25, 0.3) is 0 Å². The number of benzene rings is 1. The second-order valence-electron chi connectivity index (χ2n) is 6.01. The number of piperazine rings is 1. The highest BCUT2D eigenvalue weighted by Gasteiger charge is 2.25. The van der Waals surface area contributed by atoms with Crippen LogP contribution in [0.3, 0.4) is 0 Å². The second-order valence-corrected chi connectivity index (χ2v) is 6.01. The minimum atomic E-state index is 0.113. The molecule has 1 aromatic carbocycles. The van der Waals surface area contributed by atoms with E-state index in [0.29, 0.717) is 6.54 Å². The summed E-state index contributed by atoms with van der Waals surface area (Å²) in [5.74, 6) is 0.113. The third-order valence-corrected chi connectivity index (χ3v) is 3.92. The molecule has 0 bridgehead atoms. The number of hydrogen-bond donors (Lipinski definition) is 2. The van der Waals surface area contributed by atoms with E-state index in [1.54, 1.807) is 0 Å². The number of nitrogens with one attached hydrogen (secondary N) is 2. The van der Waals surface area contributed by atoms with E-state index in [9.17, 15) is 4.79 Å². The van der Waals surface area contributed by atoms with Gasteiger partial charge in [-0.3, -0.25) is 9.69 Å². The zero-order valence-corrected chi connectivity index (χ0v) is 13.4. The average Bonchev–Trinajstić information content (AvgIpc) is 2.47. The van der Waals surface area contributed by atoms with Gasteiger partial charge >= 0.3 is 0 Å². The molecule has 1 aliphatic rings. The van der Waals surface area contributed by atoms with E-state index in [2.05, 4.69) is 46.7 Å².